The SMILES string of the molecule is O=S(=O)([O-])[O-].O=S(=O)([O-])[O-].O=S(=O)([O-])[O-].O=S(O)O.[Fe+3].[Fe+3]. The van der Waals surface area contributed by atoms with Gasteiger partial charge in [-0.25, -0.2) is 0 Å². The smallest absolute Gasteiger partial charge is 0.759 e. The minimum atomic E-state index is -5.17. The standard InChI is InChI=1S/2Fe.3H2O4S.H2O3S/c;;3*1-5(2,3)4;1-4(2)3/h;;3*(H2,1,2,3,4);(H2,1,2,3)/q2*+3;;;;/p-6. The minimum absolute atomic E-state index is 0. The second kappa shape index (κ2) is 17.1. The molecule has 0 saturated heterocycles. The van der Waals surface area contributed by atoms with Crippen molar-refractivity contribution in [1.82, 2.24) is 0 Å². The van der Waals surface area contributed by atoms with Crippen molar-refractivity contribution >= 4 is 42.6 Å². The summed E-state index contributed by atoms with van der Waals surface area (Å²) in [7, 11) is -15.5. The molecule has 2 radical (unpaired) electrons. The molecule has 132 valence electrons. The average molecular weight is 482 g/mol. The number of hydrogen-bond acceptors (Lipinski definition) is 13. The summed E-state index contributed by atoms with van der Waals surface area (Å²) in [5.74, 6) is 0. The summed E-state index contributed by atoms with van der Waals surface area (Å²) in [6.45, 7) is 0. The molecule has 2 N–H and O–H groups in total. The molecule has 0 rings (SSSR count). The van der Waals surface area contributed by atoms with Gasteiger partial charge in [-0.2, -0.15) is 4.21 Å². The van der Waals surface area contributed by atoms with E-state index in [1.54, 1.807) is 0 Å². The van der Waals surface area contributed by atoms with E-state index in [0.29, 0.717) is 0 Å². The Balaban J connectivity index is -0.0000000347. The van der Waals surface area contributed by atoms with Crippen molar-refractivity contribution < 1.29 is 100 Å². The van der Waals surface area contributed by atoms with Crippen LogP contribution in [0.25, 0.3) is 0 Å². The molecule has 15 nitrogen and oxygen atoms in total. The zero-order chi connectivity index (χ0) is 17.1. The Bertz CT molecular complexity index is 421. The van der Waals surface area contributed by atoms with Crippen molar-refractivity contribution in [3.63, 3.8) is 0 Å². The molecule has 0 aromatic heterocycles. The fourth-order valence-electron chi connectivity index (χ4n) is 0. The molecule has 0 aromatic carbocycles. The van der Waals surface area contributed by atoms with E-state index < -0.39 is 42.6 Å². The molecule has 0 aliphatic heterocycles. The van der Waals surface area contributed by atoms with Crippen LogP contribution in [0.5, 0.6) is 0 Å². The van der Waals surface area contributed by atoms with Gasteiger partial charge in [0.2, 0.25) is 0 Å². The van der Waals surface area contributed by atoms with Gasteiger partial charge in [0.25, 0.3) is 11.4 Å². The van der Waals surface area contributed by atoms with Crippen LogP contribution in [-0.4, -0.2) is 65.9 Å². The summed E-state index contributed by atoms with van der Waals surface area (Å²) in [6.07, 6.45) is 0. The van der Waals surface area contributed by atoms with Gasteiger partial charge < -0.3 is 27.3 Å². The first kappa shape index (κ1) is 37.7. The van der Waals surface area contributed by atoms with Crippen molar-refractivity contribution in [2.45, 2.75) is 0 Å². The Labute approximate surface area is 142 Å². The molecule has 0 aliphatic carbocycles. The van der Waals surface area contributed by atoms with Crippen molar-refractivity contribution in [3.05, 3.63) is 0 Å². The van der Waals surface area contributed by atoms with Gasteiger partial charge in [0, 0.05) is 31.2 Å². The molecule has 21 heavy (non-hydrogen) atoms. The topological polar surface area (TPSA) is 298 Å². The van der Waals surface area contributed by atoms with Crippen molar-refractivity contribution in [1.29, 1.82) is 0 Å². The average Bonchev–Trinajstić information content (AvgIpc) is 1.66. The fraction of sp³-hybridized carbons (Fsp3) is 0. The molecular weight excluding hydrogens is 480 g/mol. The summed E-state index contributed by atoms with van der Waals surface area (Å²) in [5.41, 5.74) is 0. The summed E-state index contributed by atoms with van der Waals surface area (Å²) >= 11 is -2.61. The summed E-state index contributed by atoms with van der Waals surface area (Å²) in [4.78, 5) is 0. The molecule has 0 spiro atoms. The minimum Gasteiger partial charge on any atom is -0.759 e. The third kappa shape index (κ3) is 14000. The summed E-state index contributed by atoms with van der Waals surface area (Å²) < 4.78 is 125. The zero-order valence-electron chi connectivity index (χ0n) is 8.54. The third-order valence-electron chi connectivity index (χ3n) is 0. The molecule has 0 unspecified atom stereocenters. The van der Waals surface area contributed by atoms with Crippen LogP contribution in [0.3, 0.4) is 0 Å². The van der Waals surface area contributed by atoms with Crippen LogP contribution in [-0.2, 0) is 76.7 Å². The fourth-order valence-corrected chi connectivity index (χ4v) is 0. The predicted molar refractivity (Wildman–Crippen MR) is 44.8 cm³/mol. The van der Waals surface area contributed by atoms with Crippen LogP contribution in [0.2, 0.25) is 0 Å². The van der Waals surface area contributed by atoms with E-state index in [4.69, 9.17) is 65.9 Å². The van der Waals surface area contributed by atoms with Gasteiger partial charge in [0.15, 0.2) is 0 Å². The molecule has 0 atom stereocenters. The second-order valence-electron chi connectivity index (χ2n) is 1.46. The van der Waals surface area contributed by atoms with Crippen LogP contribution >= 0.6 is 0 Å². The molecule has 0 heterocycles. The first-order valence-electron chi connectivity index (χ1n) is 2.53. The van der Waals surface area contributed by atoms with Crippen molar-refractivity contribution in [3.8, 4) is 0 Å². The Kier molecular flexibility index (Phi) is 30.7. The first-order chi connectivity index (χ1) is 7.73. The maximum Gasteiger partial charge on any atom is 3.00 e. The number of rotatable bonds is 0. The maximum absolute atomic E-state index is 8.67. The molecule has 0 fully saturated rings. The van der Waals surface area contributed by atoms with E-state index in [1.807, 2.05) is 0 Å². The molecule has 0 bridgehead atoms. The number of hydrogen-bond donors (Lipinski definition) is 2. The quantitative estimate of drug-likeness (QED) is 0.143. The molecular formula is H2Fe2O15S4. The van der Waals surface area contributed by atoms with E-state index in [-0.39, 0.29) is 34.1 Å². The van der Waals surface area contributed by atoms with E-state index in [2.05, 4.69) is 0 Å². The largest absolute Gasteiger partial charge is 3.00 e. The maximum atomic E-state index is 8.67. The van der Waals surface area contributed by atoms with Crippen LogP contribution in [0.4, 0.5) is 0 Å². The van der Waals surface area contributed by atoms with Gasteiger partial charge >= 0.3 is 34.1 Å². The van der Waals surface area contributed by atoms with Crippen LogP contribution in [0.1, 0.15) is 0 Å². The molecule has 21 heteroatoms. The van der Waals surface area contributed by atoms with Gasteiger partial charge in [-0.15, -0.1) is 0 Å². The van der Waals surface area contributed by atoms with Gasteiger partial charge in [-0.05, 0) is 0 Å². The third-order valence-corrected chi connectivity index (χ3v) is 0. The van der Waals surface area contributed by atoms with E-state index in [0.717, 1.165) is 0 Å². The van der Waals surface area contributed by atoms with Gasteiger partial charge in [-0.1, -0.05) is 0 Å². The Hall–Kier alpha value is 0.719. The van der Waals surface area contributed by atoms with Crippen molar-refractivity contribution in [2.24, 2.45) is 0 Å². The molecule has 0 saturated carbocycles. The second-order valence-corrected chi connectivity index (χ2v) is 4.37. The van der Waals surface area contributed by atoms with Crippen LogP contribution in [0.15, 0.2) is 0 Å². The van der Waals surface area contributed by atoms with Crippen molar-refractivity contribution in [2.75, 3.05) is 0 Å². The molecule has 0 aromatic rings. The van der Waals surface area contributed by atoms with Gasteiger partial charge in [-0.3, -0.25) is 34.4 Å². The van der Waals surface area contributed by atoms with E-state index in [9.17, 15) is 0 Å². The normalized spacial score (nSPS) is 9.95. The van der Waals surface area contributed by atoms with Gasteiger partial charge in [0.05, 0.1) is 0 Å². The Morgan fingerprint density at radius 3 is 0.571 bits per heavy atom. The molecule has 0 amide bonds. The predicted octanol–water partition coefficient (Wildman–Crippen LogP) is -4.34. The first-order valence-corrected chi connectivity index (χ1v) is 7.60. The zero-order valence-corrected chi connectivity index (χ0v) is 14.0. The Morgan fingerprint density at radius 2 is 0.571 bits per heavy atom. The van der Waals surface area contributed by atoms with Crippen LogP contribution in [0, 0.1) is 0 Å². The monoisotopic (exact) mass is 482 g/mol. The van der Waals surface area contributed by atoms with Gasteiger partial charge in [0.1, 0.15) is 0 Å². The van der Waals surface area contributed by atoms with Crippen LogP contribution < -0.4 is 0 Å². The summed E-state index contributed by atoms with van der Waals surface area (Å²) in [6, 6.07) is 0. The Morgan fingerprint density at radius 1 is 0.571 bits per heavy atom. The van der Waals surface area contributed by atoms with E-state index >= 15 is 0 Å². The molecule has 0 aliphatic rings. The van der Waals surface area contributed by atoms with E-state index in [1.165, 1.54) is 0 Å². The summed E-state index contributed by atoms with van der Waals surface area (Å²) in [5, 5.41) is 0.